The van der Waals surface area contributed by atoms with Crippen LogP contribution in [0.15, 0.2) is 59.1 Å². The van der Waals surface area contributed by atoms with Crippen molar-refractivity contribution >= 4 is 5.91 Å². The van der Waals surface area contributed by atoms with Crippen molar-refractivity contribution in [3.05, 3.63) is 71.6 Å². The molecule has 2 atom stereocenters. The van der Waals surface area contributed by atoms with Crippen LogP contribution in [-0.2, 0) is 4.79 Å². The van der Waals surface area contributed by atoms with Gasteiger partial charge in [0.2, 0.25) is 17.6 Å². The average Bonchev–Trinajstić information content (AvgIpc) is 3.57. The maximum absolute atomic E-state index is 13.4. The third kappa shape index (κ3) is 4.73. The standard InChI is InChI=1S/C28H33N3O2/c1-19(2)20-12-14-21(15-13-20)24-16-25(18-31(17-24)28(32)23-10-6-7-11-23)27-29-26(30-33-27)22-8-4-3-5-9-22/h3-5,8-9,12-15,19,23-25H,6-7,10-11,16-18H2,1-2H3. The first-order valence-corrected chi connectivity index (χ1v) is 12.4. The predicted octanol–water partition coefficient (Wildman–Crippen LogP) is 6.15. The lowest BCUT2D eigenvalue weighted by molar-refractivity contribution is -0.137. The molecule has 1 saturated carbocycles. The van der Waals surface area contributed by atoms with E-state index < -0.39 is 0 Å². The number of hydrogen-bond donors (Lipinski definition) is 0. The topological polar surface area (TPSA) is 59.2 Å². The summed E-state index contributed by atoms with van der Waals surface area (Å²) >= 11 is 0. The van der Waals surface area contributed by atoms with Crippen LogP contribution in [0.1, 0.15) is 80.7 Å². The summed E-state index contributed by atoms with van der Waals surface area (Å²) in [7, 11) is 0. The lowest BCUT2D eigenvalue weighted by Gasteiger charge is -2.38. The highest BCUT2D eigenvalue weighted by Gasteiger charge is 2.37. The van der Waals surface area contributed by atoms with Crippen molar-refractivity contribution in [2.24, 2.45) is 5.92 Å². The minimum Gasteiger partial charge on any atom is -0.341 e. The second-order valence-corrected chi connectivity index (χ2v) is 10.00. The van der Waals surface area contributed by atoms with Crippen LogP contribution in [0.2, 0.25) is 0 Å². The number of rotatable bonds is 5. The first-order chi connectivity index (χ1) is 16.1. The molecule has 2 heterocycles. The van der Waals surface area contributed by atoms with E-state index in [2.05, 4.69) is 48.2 Å². The monoisotopic (exact) mass is 443 g/mol. The number of hydrogen-bond acceptors (Lipinski definition) is 4. The number of nitrogens with zero attached hydrogens (tertiary/aromatic N) is 3. The number of piperidine rings is 1. The minimum absolute atomic E-state index is 0.0452. The highest BCUT2D eigenvalue weighted by Crippen LogP contribution is 2.38. The van der Waals surface area contributed by atoms with Gasteiger partial charge in [-0.15, -0.1) is 0 Å². The van der Waals surface area contributed by atoms with Crippen molar-refractivity contribution < 1.29 is 9.32 Å². The predicted molar refractivity (Wildman–Crippen MR) is 129 cm³/mol. The van der Waals surface area contributed by atoms with E-state index in [1.807, 2.05) is 30.3 Å². The molecule has 1 aliphatic heterocycles. The van der Waals surface area contributed by atoms with E-state index in [0.29, 0.717) is 30.1 Å². The molecule has 2 aromatic carbocycles. The third-order valence-electron chi connectivity index (χ3n) is 7.36. The van der Waals surface area contributed by atoms with Crippen molar-refractivity contribution in [2.75, 3.05) is 13.1 Å². The van der Waals surface area contributed by atoms with Crippen LogP contribution in [0.3, 0.4) is 0 Å². The van der Waals surface area contributed by atoms with Crippen molar-refractivity contribution in [3.8, 4) is 11.4 Å². The van der Waals surface area contributed by atoms with Gasteiger partial charge in [0.25, 0.3) is 0 Å². The van der Waals surface area contributed by atoms with E-state index in [9.17, 15) is 4.79 Å². The van der Waals surface area contributed by atoms with E-state index in [4.69, 9.17) is 9.51 Å². The molecule has 3 aromatic rings. The molecular weight excluding hydrogens is 410 g/mol. The SMILES string of the molecule is CC(C)c1ccc(C2CC(c3nc(-c4ccccc4)no3)CN(C(=O)C3CCCC3)C2)cc1. The molecule has 2 unspecified atom stereocenters. The molecule has 1 aromatic heterocycles. The van der Waals surface area contributed by atoms with Gasteiger partial charge in [-0.1, -0.05) is 86.4 Å². The summed E-state index contributed by atoms with van der Waals surface area (Å²) in [5.41, 5.74) is 3.58. The maximum Gasteiger partial charge on any atom is 0.231 e. The number of carbonyl (C=O) groups excluding carboxylic acids is 1. The van der Waals surface area contributed by atoms with E-state index in [1.165, 1.54) is 11.1 Å². The van der Waals surface area contributed by atoms with E-state index in [1.54, 1.807) is 0 Å². The zero-order valence-electron chi connectivity index (χ0n) is 19.6. The van der Waals surface area contributed by atoms with Crippen LogP contribution < -0.4 is 0 Å². The van der Waals surface area contributed by atoms with Crippen molar-refractivity contribution in [1.82, 2.24) is 15.0 Å². The van der Waals surface area contributed by atoms with Gasteiger partial charge in [-0.05, 0) is 36.3 Å². The second-order valence-electron chi connectivity index (χ2n) is 10.00. The summed E-state index contributed by atoms with van der Waals surface area (Å²) in [6, 6.07) is 18.9. The Labute approximate surface area is 196 Å². The summed E-state index contributed by atoms with van der Waals surface area (Å²) in [4.78, 5) is 20.2. The molecule has 5 rings (SSSR count). The van der Waals surface area contributed by atoms with Crippen molar-refractivity contribution in [1.29, 1.82) is 0 Å². The lowest BCUT2D eigenvalue weighted by atomic mass is 9.83. The van der Waals surface area contributed by atoms with Crippen LogP contribution in [0.25, 0.3) is 11.4 Å². The van der Waals surface area contributed by atoms with Gasteiger partial charge in [0.15, 0.2) is 0 Å². The normalized spacial score (nSPS) is 21.6. The van der Waals surface area contributed by atoms with E-state index in [-0.39, 0.29) is 17.8 Å². The zero-order valence-corrected chi connectivity index (χ0v) is 19.6. The number of carbonyl (C=O) groups is 1. The van der Waals surface area contributed by atoms with Gasteiger partial charge in [0.1, 0.15) is 0 Å². The molecule has 1 amide bonds. The number of aromatic nitrogens is 2. The first-order valence-electron chi connectivity index (χ1n) is 12.4. The van der Waals surface area contributed by atoms with E-state index >= 15 is 0 Å². The molecule has 33 heavy (non-hydrogen) atoms. The largest absolute Gasteiger partial charge is 0.341 e. The van der Waals surface area contributed by atoms with Crippen LogP contribution in [0.5, 0.6) is 0 Å². The van der Waals surface area contributed by atoms with Crippen molar-refractivity contribution in [3.63, 3.8) is 0 Å². The van der Waals surface area contributed by atoms with Crippen LogP contribution in [0.4, 0.5) is 0 Å². The van der Waals surface area contributed by atoms with E-state index in [0.717, 1.165) is 44.2 Å². The quantitative estimate of drug-likeness (QED) is 0.474. The minimum atomic E-state index is 0.0452. The fourth-order valence-corrected chi connectivity index (χ4v) is 5.39. The van der Waals surface area contributed by atoms with Gasteiger partial charge in [-0.3, -0.25) is 4.79 Å². The van der Waals surface area contributed by atoms with Gasteiger partial charge < -0.3 is 9.42 Å². The van der Waals surface area contributed by atoms with Crippen LogP contribution >= 0.6 is 0 Å². The molecule has 5 nitrogen and oxygen atoms in total. The number of likely N-dealkylation sites (tertiary alicyclic amines) is 1. The summed E-state index contributed by atoms with van der Waals surface area (Å²) in [6.07, 6.45) is 5.28. The Kier molecular flexibility index (Phi) is 6.30. The Hall–Kier alpha value is -2.95. The van der Waals surface area contributed by atoms with Crippen LogP contribution in [-0.4, -0.2) is 34.0 Å². The number of amides is 1. The molecule has 5 heteroatoms. The maximum atomic E-state index is 13.4. The van der Waals surface area contributed by atoms with Gasteiger partial charge >= 0.3 is 0 Å². The Bertz CT molecular complexity index is 1070. The van der Waals surface area contributed by atoms with Gasteiger partial charge in [0.05, 0.1) is 5.92 Å². The highest BCUT2D eigenvalue weighted by atomic mass is 16.5. The molecule has 1 aliphatic carbocycles. The van der Waals surface area contributed by atoms with Crippen molar-refractivity contribution in [2.45, 2.75) is 63.7 Å². The molecule has 172 valence electrons. The molecule has 1 saturated heterocycles. The third-order valence-corrected chi connectivity index (χ3v) is 7.36. The molecule has 0 spiro atoms. The second kappa shape index (κ2) is 9.50. The average molecular weight is 444 g/mol. The van der Waals surface area contributed by atoms with Gasteiger partial charge in [-0.25, -0.2) is 0 Å². The molecule has 0 bridgehead atoms. The lowest BCUT2D eigenvalue weighted by Crippen LogP contribution is -2.44. The summed E-state index contributed by atoms with van der Waals surface area (Å²) < 4.78 is 5.75. The Morgan fingerprint density at radius 2 is 1.67 bits per heavy atom. The smallest absolute Gasteiger partial charge is 0.231 e. The fourth-order valence-electron chi connectivity index (χ4n) is 5.39. The number of benzene rings is 2. The summed E-state index contributed by atoms with van der Waals surface area (Å²) in [6.45, 7) is 5.86. The van der Waals surface area contributed by atoms with Gasteiger partial charge in [-0.2, -0.15) is 4.98 Å². The van der Waals surface area contributed by atoms with Crippen LogP contribution in [0, 0.1) is 5.92 Å². The molecule has 2 aliphatic rings. The Morgan fingerprint density at radius 3 is 2.36 bits per heavy atom. The summed E-state index contributed by atoms with van der Waals surface area (Å²) in [5.74, 6) is 2.56. The summed E-state index contributed by atoms with van der Waals surface area (Å²) in [5, 5.41) is 4.25. The molecule has 0 radical (unpaired) electrons. The fraction of sp³-hybridized carbons (Fsp3) is 0.464. The first kappa shape index (κ1) is 21.9. The Balaban J connectivity index is 1.41. The molecular formula is C28H33N3O2. The highest BCUT2D eigenvalue weighted by molar-refractivity contribution is 5.79. The zero-order chi connectivity index (χ0) is 22.8. The molecule has 0 N–H and O–H groups in total. The molecule has 2 fully saturated rings. The Morgan fingerprint density at radius 1 is 0.970 bits per heavy atom. The van der Waals surface area contributed by atoms with Gasteiger partial charge in [0, 0.05) is 30.5 Å².